The van der Waals surface area contributed by atoms with Crippen molar-refractivity contribution in [3.63, 3.8) is 0 Å². The van der Waals surface area contributed by atoms with Crippen molar-refractivity contribution in [1.82, 2.24) is 9.97 Å². The summed E-state index contributed by atoms with van der Waals surface area (Å²) in [5.74, 6) is 0.576. The van der Waals surface area contributed by atoms with Gasteiger partial charge in [0.1, 0.15) is 12.1 Å². The van der Waals surface area contributed by atoms with Crippen molar-refractivity contribution in [2.24, 2.45) is 5.73 Å². The summed E-state index contributed by atoms with van der Waals surface area (Å²) in [5.41, 5.74) is 9.50. The van der Waals surface area contributed by atoms with Gasteiger partial charge in [0.2, 0.25) is 0 Å². The minimum atomic E-state index is -4.36. The number of alkyl halides is 3. The number of nitrogens with one attached hydrogen (secondary N) is 1. The van der Waals surface area contributed by atoms with Gasteiger partial charge in [-0.25, -0.2) is 9.97 Å². The molecule has 0 aliphatic heterocycles. The Bertz CT molecular complexity index is 953. The number of hydrogen-bond donors (Lipinski definition) is 2. The average Bonchev–Trinajstić information content (AvgIpc) is 2.72. The molecule has 3 rings (SSSR count). The molecule has 29 heavy (non-hydrogen) atoms. The summed E-state index contributed by atoms with van der Waals surface area (Å²) in [7, 11) is 0. The number of nitrogens with zero attached hydrogens (tertiary/aromatic N) is 2. The molecule has 0 bridgehead atoms. The van der Waals surface area contributed by atoms with E-state index in [4.69, 9.17) is 5.73 Å². The number of aromatic nitrogens is 2. The van der Waals surface area contributed by atoms with E-state index in [0.29, 0.717) is 23.6 Å². The van der Waals surface area contributed by atoms with Crippen molar-refractivity contribution in [2.45, 2.75) is 32.4 Å². The lowest BCUT2D eigenvalue weighted by Crippen LogP contribution is -2.04. The number of aryl methyl sites for hydroxylation is 2. The molecule has 1 heterocycles. The monoisotopic (exact) mass is 400 g/mol. The maximum atomic E-state index is 12.7. The highest BCUT2D eigenvalue weighted by Crippen LogP contribution is 2.31. The van der Waals surface area contributed by atoms with Gasteiger partial charge in [0.05, 0.1) is 11.3 Å². The van der Waals surface area contributed by atoms with Crippen LogP contribution in [0.4, 0.5) is 24.7 Å². The van der Waals surface area contributed by atoms with Crippen LogP contribution in [-0.2, 0) is 19.0 Å². The van der Waals surface area contributed by atoms with Crippen molar-refractivity contribution in [3.05, 3.63) is 71.5 Å². The van der Waals surface area contributed by atoms with Crippen LogP contribution < -0.4 is 11.1 Å². The first kappa shape index (κ1) is 20.8. The second kappa shape index (κ2) is 9.05. The fourth-order valence-corrected chi connectivity index (χ4v) is 3.13. The molecule has 0 saturated carbocycles. The van der Waals surface area contributed by atoms with Gasteiger partial charge >= 0.3 is 6.18 Å². The average molecular weight is 400 g/mol. The summed E-state index contributed by atoms with van der Waals surface area (Å²) in [6.07, 6.45) is -0.153. The minimum absolute atomic E-state index is 0.548. The van der Waals surface area contributed by atoms with E-state index >= 15 is 0 Å². The first-order valence-corrected chi connectivity index (χ1v) is 9.49. The molecule has 152 valence electrons. The minimum Gasteiger partial charge on any atom is -0.340 e. The van der Waals surface area contributed by atoms with Crippen molar-refractivity contribution in [3.8, 4) is 11.3 Å². The largest absolute Gasteiger partial charge is 0.416 e. The van der Waals surface area contributed by atoms with Crippen molar-refractivity contribution in [1.29, 1.82) is 0 Å². The predicted molar refractivity (Wildman–Crippen MR) is 109 cm³/mol. The highest BCUT2D eigenvalue weighted by atomic mass is 19.4. The molecule has 0 spiro atoms. The van der Waals surface area contributed by atoms with Gasteiger partial charge in [0, 0.05) is 17.3 Å². The van der Waals surface area contributed by atoms with Crippen LogP contribution in [0.15, 0.2) is 54.9 Å². The van der Waals surface area contributed by atoms with Crippen LogP contribution in [0, 0.1) is 0 Å². The number of benzene rings is 2. The number of hydrogen-bond acceptors (Lipinski definition) is 4. The highest BCUT2D eigenvalue weighted by molar-refractivity contribution is 5.66. The van der Waals surface area contributed by atoms with Crippen molar-refractivity contribution >= 4 is 11.5 Å². The molecule has 0 amide bonds. The zero-order chi connectivity index (χ0) is 20.9. The Morgan fingerprint density at radius 3 is 2.38 bits per heavy atom. The fourth-order valence-electron chi connectivity index (χ4n) is 3.13. The third-order valence-corrected chi connectivity index (χ3v) is 4.68. The topological polar surface area (TPSA) is 63.8 Å². The van der Waals surface area contributed by atoms with Crippen molar-refractivity contribution < 1.29 is 13.2 Å². The molecule has 0 fully saturated rings. The number of halogens is 3. The second-order valence-corrected chi connectivity index (χ2v) is 6.72. The second-order valence-electron chi connectivity index (χ2n) is 6.72. The Morgan fingerprint density at radius 1 is 0.966 bits per heavy atom. The molecule has 2 aromatic carbocycles. The summed E-state index contributed by atoms with van der Waals surface area (Å²) in [5, 5.41) is 3.25. The molecule has 0 aliphatic carbocycles. The zero-order valence-corrected chi connectivity index (χ0v) is 16.1. The van der Waals surface area contributed by atoms with Crippen LogP contribution in [0.3, 0.4) is 0 Å². The molecule has 1 aromatic heterocycles. The van der Waals surface area contributed by atoms with Gasteiger partial charge in [-0.15, -0.1) is 0 Å². The molecule has 0 radical (unpaired) electrons. The van der Waals surface area contributed by atoms with Gasteiger partial charge in [-0.3, -0.25) is 0 Å². The Labute approximate surface area is 168 Å². The summed E-state index contributed by atoms with van der Waals surface area (Å²) >= 11 is 0. The molecule has 0 saturated heterocycles. The third kappa shape index (κ3) is 5.32. The standard InChI is InChI=1S/C22H23F3N4/c1-2-15-12-19(10-7-16(15)4-3-11-26)29-21-13-20(27-14-28-21)17-5-8-18(9-6-17)22(23,24)25/h5-10,12-14H,2-4,11,26H2,1H3,(H,27,28,29). The molecule has 3 N–H and O–H groups in total. The SMILES string of the molecule is CCc1cc(Nc2cc(-c3ccc(C(F)(F)F)cc3)ncn2)ccc1CCCN. The van der Waals surface area contributed by atoms with Crippen molar-refractivity contribution in [2.75, 3.05) is 11.9 Å². The van der Waals surface area contributed by atoms with Crippen LogP contribution in [0.25, 0.3) is 11.3 Å². The van der Waals surface area contributed by atoms with Crippen LogP contribution >= 0.6 is 0 Å². The molecular formula is C22H23F3N4. The van der Waals surface area contributed by atoms with Gasteiger partial charge in [0.15, 0.2) is 0 Å². The predicted octanol–water partition coefficient (Wildman–Crippen LogP) is 5.36. The van der Waals surface area contributed by atoms with Crippen LogP contribution in [-0.4, -0.2) is 16.5 Å². The number of anilines is 2. The van der Waals surface area contributed by atoms with Gasteiger partial charge in [0.25, 0.3) is 0 Å². The van der Waals surface area contributed by atoms with Crippen LogP contribution in [0.2, 0.25) is 0 Å². The maximum absolute atomic E-state index is 12.7. The maximum Gasteiger partial charge on any atom is 0.416 e. The lowest BCUT2D eigenvalue weighted by atomic mass is 10.00. The zero-order valence-electron chi connectivity index (χ0n) is 16.1. The lowest BCUT2D eigenvalue weighted by molar-refractivity contribution is -0.137. The summed E-state index contributed by atoms with van der Waals surface area (Å²) in [6.45, 7) is 2.77. The Balaban J connectivity index is 1.79. The number of nitrogens with two attached hydrogens (primary N) is 1. The molecule has 0 atom stereocenters. The normalized spacial score (nSPS) is 11.5. The summed E-state index contributed by atoms with van der Waals surface area (Å²) < 4.78 is 38.2. The third-order valence-electron chi connectivity index (χ3n) is 4.68. The number of rotatable bonds is 7. The quantitative estimate of drug-likeness (QED) is 0.560. The Morgan fingerprint density at radius 2 is 1.72 bits per heavy atom. The summed E-state index contributed by atoms with van der Waals surface area (Å²) in [6, 6.07) is 12.8. The Hall–Kier alpha value is -2.93. The van der Waals surface area contributed by atoms with E-state index in [1.54, 1.807) is 6.07 Å². The van der Waals surface area contributed by atoms with Crippen LogP contribution in [0.1, 0.15) is 30.0 Å². The lowest BCUT2D eigenvalue weighted by Gasteiger charge is -2.12. The van der Waals surface area contributed by atoms with E-state index < -0.39 is 11.7 Å². The fraction of sp³-hybridized carbons (Fsp3) is 0.273. The van der Waals surface area contributed by atoms with E-state index in [0.717, 1.165) is 37.1 Å². The molecule has 0 unspecified atom stereocenters. The van der Waals surface area contributed by atoms with Gasteiger partial charge in [-0.2, -0.15) is 13.2 Å². The first-order valence-electron chi connectivity index (χ1n) is 9.49. The van der Waals surface area contributed by atoms with Crippen LogP contribution in [0.5, 0.6) is 0 Å². The highest BCUT2D eigenvalue weighted by Gasteiger charge is 2.30. The van der Waals surface area contributed by atoms with E-state index in [-0.39, 0.29) is 0 Å². The van der Waals surface area contributed by atoms with E-state index in [9.17, 15) is 13.2 Å². The molecule has 4 nitrogen and oxygen atoms in total. The molecule has 7 heteroatoms. The molecule has 3 aromatic rings. The smallest absolute Gasteiger partial charge is 0.340 e. The Kier molecular flexibility index (Phi) is 6.49. The van der Waals surface area contributed by atoms with Gasteiger partial charge < -0.3 is 11.1 Å². The molecule has 0 aliphatic rings. The summed E-state index contributed by atoms with van der Waals surface area (Å²) in [4.78, 5) is 8.41. The van der Waals surface area contributed by atoms with E-state index in [2.05, 4.69) is 34.3 Å². The van der Waals surface area contributed by atoms with Gasteiger partial charge in [-0.1, -0.05) is 25.1 Å². The first-order chi connectivity index (χ1) is 13.9. The van der Waals surface area contributed by atoms with Gasteiger partial charge in [-0.05, 0) is 61.2 Å². The van der Waals surface area contributed by atoms with E-state index in [1.807, 2.05) is 6.07 Å². The molecular weight excluding hydrogens is 377 g/mol. The van der Waals surface area contributed by atoms with E-state index in [1.165, 1.54) is 29.6 Å².